The largest absolute Gasteiger partial charge is 0.381 e. The Labute approximate surface area is 119 Å². The second-order valence-corrected chi connectivity index (χ2v) is 5.99. The Morgan fingerprint density at radius 3 is 2.16 bits per heavy atom. The first kappa shape index (κ1) is 16.9. The van der Waals surface area contributed by atoms with Gasteiger partial charge in [-0.2, -0.15) is 0 Å². The van der Waals surface area contributed by atoms with E-state index in [1.54, 1.807) is 0 Å². The Kier molecular flexibility index (Phi) is 10.4. The van der Waals surface area contributed by atoms with Crippen molar-refractivity contribution in [3.8, 4) is 0 Å². The van der Waals surface area contributed by atoms with Crippen LogP contribution in [0, 0.1) is 5.92 Å². The summed E-state index contributed by atoms with van der Waals surface area (Å²) in [6.07, 6.45) is 14.7. The van der Waals surface area contributed by atoms with Gasteiger partial charge in [0.1, 0.15) is 0 Å². The molecular formula is C16H34N2O. The first-order valence-electron chi connectivity index (χ1n) is 8.42. The first-order chi connectivity index (χ1) is 9.38. The standard InChI is InChI=1S/C16H34N2O/c1-2-3-4-5-6-7-8-9-10-16(18-17)15-11-13-19-14-12-15/h15-16,18H,2-14,17H2,1H3. The lowest BCUT2D eigenvalue weighted by Crippen LogP contribution is -2.42. The molecule has 3 heteroatoms. The van der Waals surface area contributed by atoms with Gasteiger partial charge in [0, 0.05) is 19.3 Å². The second-order valence-electron chi connectivity index (χ2n) is 5.99. The number of unbranched alkanes of at least 4 members (excludes halogenated alkanes) is 7. The van der Waals surface area contributed by atoms with Crippen LogP contribution >= 0.6 is 0 Å². The van der Waals surface area contributed by atoms with Crippen LogP contribution in [-0.4, -0.2) is 19.3 Å². The average molecular weight is 270 g/mol. The molecule has 0 radical (unpaired) electrons. The molecule has 3 nitrogen and oxygen atoms in total. The predicted octanol–water partition coefficient (Wildman–Crippen LogP) is 3.78. The van der Waals surface area contributed by atoms with E-state index in [0.29, 0.717) is 6.04 Å². The Morgan fingerprint density at radius 1 is 1.00 bits per heavy atom. The van der Waals surface area contributed by atoms with E-state index in [-0.39, 0.29) is 0 Å². The molecule has 114 valence electrons. The molecule has 1 fully saturated rings. The molecule has 0 aromatic heterocycles. The van der Waals surface area contributed by atoms with Gasteiger partial charge < -0.3 is 4.74 Å². The lowest BCUT2D eigenvalue weighted by Gasteiger charge is -2.29. The molecule has 0 aromatic carbocycles. The number of rotatable bonds is 11. The summed E-state index contributed by atoms with van der Waals surface area (Å²) < 4.78 is 5.42. The van der Waals surface area contributed by atoms with Crippen LogP contribution in [0.15, 0.2) is 0 Å². The van der Waals surface area contributed by atoms with Gasteiger partial charge in [0.25, 0.3) is 0 Å². The van der Waals surface area contributed by atoms with Crippen LogP contribution < -0.4 is 11.3 Å². The molecule has 1 aliphatic rings. The highest BCUT2D eigenvalue weighted by Gasteiger charge is 2.22. The fraction of sp³-hybridized carbons (Fsp3) is 1.00. The van der Waals surface area contributed by atoms with E-state index in [1.165, 1.54) is 70.6 Å². The van der Waals surface area contributed by atoms with Crippen molar-refractivity contribution in [2.45, 2.75) is 83.6 Å². The summed E-state index contributed by atoms with van der Waals surface area (Å²) in [5, 5.41) is 0. The second kappa shape index (κ2) is 11.7. The van der Waals surface area contributed by atoms with Crippen LogP contribution in [0.5, 0.6) is 0 Å². The topological polar surface area (TPSA) is 47.3 Å². The van der Waals surface area contributed by atoms with Gasteiger partial charge in [-0.1, -0.05) is 58.3 Å². The van der Waals surface area contributed by atoms with Crippen molar-refractivity contribution in [2.75, 3.05) is 13.2 Å². The molecule has 0 spiro atoms. The summed E-state index contributed by atoms with van der Waals surface area (Å²) >= 11 is 0. The number of hydrazine groups is 1. The van der Waals surface area contributed by atoms with Gasteiger partial charge >= 0.3 is 0 Å². The average Bonchev–Trinajstić information content (AvgIpc) is 2.47. The molecule has 19 heavy (non-hydrogen) atoms. The minimum Gasteiger partial charge on any atom is -0.381 e. The third-order valence-corrected chi connectivity index (χ3v) is 4.42. The van der Waals surface area contributed by atoms with Crippen molar-refractivity contribution in [3.05, 3.63) is 0 Å². The van der Waals surface area contributed by atoms with Gasteiger partial charge in [-0.3, -0.25) is 11.3 Å². The smallest absolute Gasteiger partial charge is 0.0469 e. The van der Waals surface area contributed by atoms with E-state index in [4.69, 9.17) is 10.6 Å². The molecule has 0 saturated carbocycles. The number of ether oxygens (including phenoxy) is 1. The van der Waals surface area contributed by atoms with Gasteiger partial charge in [-0.25, -0.2) is 0 Å². The molecule has 1 rings (SSSR count). The summed E-state index contributed by atoms with van der Waals surface area (Å²) in [6, 6.07) is 0.504. The minimum absolute atomic E-state index is 0.504. The highest BCUT2D eigenvalue weighted by Crippen LogP contribution is 2.22. The number of nitrogens with two attached hydrogens (primary N) is 1. The van der Waals surface area contributed by atoms with Gasteiger partial charge in [0.15, 0.2) is 0 Å². The number of hydrogen-bond acceptors (Lipinski definition) is 3. The first-order valence-corrected chi connectivity index (χ1v) is 8.42. The zero-order chi connectivity index (χ0) is 13.8. The lowest BCUT2D eigenvalue weighted by molar-refractivity contribution is 0.0522. The number of nitrogens with one attached hydrogen (secondary N) is 1. The molecule has 3 N–H and O–H groups in total. The van der Waals surface area contributed by atoms with Crippen molar-refractivity contribution >= 4 is 0 Å². The lowest BCUT2D eigenvalue weighted by atomic mass is 9.88. The van der Waals surface area contributed by atoms with Crippen LogP contribution in [0.3, 0.4) is 0 Å². The molecular weight excluding hydrogens is 236 g/mol. The van der Waals surface area contributed by atoms with E-state index in [9.17, 15) is 0 Å². The van der Waals surface area contributed by atoms with Crippen molar-refractivity contribution in [3.63, 3.8) is 0 Å². The van der Waals surface area contributed by atoms with Gasteiger partial charge in [0.05, 0.1) is 0 Å². The minimum atomic E-state index is 0.504. The summed E-state index contributed by atoms with van der Waals surface area (Å²) in [4.78, 5) is 0. The SMILES string of the molecule is CCCCCCCCCCC(NN)C1CCOCC1. The fourth-order valence-electron chi connectivity index (χ4n) is 3.07. The highest BCUT2D eigenvalue weighted by molar-refractivity contribution is 4.76. The van der Waals surface area contributed by atoms with Crippen molar-refractivity contribution in [2.24, 2.45) is 11.8 Å². The third-order valence-electron chi connectivity index (χ3n) is 4.42. The highest BCUT2D eigenvalue weighted by atomic mass is 16.5. The molecule has 0 aliphatic carbocycles. The predicted molar refractivity (Wildman–Crippen MR) is 81.9 cm³/mol. The van der Waals surface area contributed by atoms with Gasteiger partial charge in [-0.15, -0.1) is 0 Å². The Hall–Kier alpha value is -0.120. The van der Waals surface area contributed by atoms with Gasteiger partial charge in [-0.05, 0) is 25.2 Å². The molecule has 1 aliphatic heterocycles. The zero-order valence-electron chi connectivity index (χ0n) is 12.8. The molecule has 0 aromatic rings. The quantitative estimate of drug-likeness (QED) is 0.341. The van der Waals surface area contributed by atoms with E-state index in [2.05, 4.69) is 12.3 Å². The van der Waals surface area contributed by atoms with Crippen LogP contribution in [0.2, 0.25) is 0 Å². The van der Waals surface area contributed by atoms with Crippen LogP contribution in [0.1, 0.15) is 77.6 Å². The molecule has 0 amide bonds. The summed E-state index contributed by atoms with van der Waals surface area (Å²) in [5.74, 6) is 6.43. The molecule has 0 bridgehead atoms. The maximum atomic E-state index is 5.71. The molecule has 1 unspecified atom stereocenters. The fourth-order valence-corrected chi connectivity index (χ4v) is 3.07. The number of hydrogen-bond donors (Lipinski definition) is 2. The molecule has 1 saturated heterocycles. The third kappa shape index (κ3) is 7.91. The molecule has 1 atom stereocenters. The Balaban J connectivity index is 1.96. The van der Waals surface area contributed by atoms with E-state index >= 15 is 0 Å². The van der Waals surface area contributed by atoms with Crippen molar-refractivity contribution in [1.29, 1.82) is 0 Å². The van der Waals surface area contributed by atoms with Crippen LogP contribution in [0.4, 0.5) is 0 Å². The van der Waals surface area contributed by atoms with E-state index < -0.39 is 0 Å². The monoisotopic (exact) mass is 270 g/mol. The molecule has 1 heterocycles. The van der Waals surface area contributed by atoms with E-state index in [1.807, 2.05) is 0 Å². The Bertz CT molecular complexity index is 193. The summed E-state index contributed by atoms with van der Waals surface area (Å²) in [5.41, 5.74) is 3.04. The maximum absolute atomic E-state index is 5.71. The van der Waals surface area contributed by atoms with Gasteiger partial charge in [0.2, 0.25) is 0 Å². The summed E-state index contributed by atoms with van der Waals surface area (Å²) in [6.45, 7) is 4.11. The van der Waals surface area contributed by atoms with Crippen LogP contribution in [0.25, 0.3) is 0 Å². The maximum Gasteiger partial charge on any atom is 0.0469 e. The van der Waals surface area contributed by atoms with Crippen molar-refractivity contribution < 1.29 is 4.74 Å². The Morgan fingerprint density at radius 2 is 1.58 bits per heavy atom. The van der Waals surface area contributed by atoms with Crippen LogP contribution in [-0.2, 0) is 4.74 Å². The summed E-state index contributed by atoms with van der Waals surface area (Å²) in [7, 11) is 0. The normalized spacial score (nSPS) is 18.6. The van der Waals surface area contributed by atoms with Crippen molar-refractivity contribution in [1.82, 2.24) is 5.43 Å². The van der Waals surface area contributed by atoms with E-state index in [0.717, 1.165) is 19.1 Å². The zero-order valence-corrected chi connectivity index (χ0v) is 12.8.